The molecule has 0 amide bonds. The molecule has 15 heavy (non-hydrogen) atoms. The Hall–Kier alpha value is -1.36. The van der Waals surface area contributed by atoms with Crippen molar-refractivity contribution in [2.75, 3.05) is 6.61 Å². The number of aromatic amines is 1. The van der Waals surface area contributed by atoms with E-state index >= 15 is 0 Å². The van der Waals surface area contributed by atoms with Gasteiger partial charge in [-0.05, 0) is 12.8 Å². The molecule has 5 nitrogen and oxygen atoms in total. The molecule has 0 aliphatic heterocycles. The molecule has 3 N–H and O–H groups in total. The maximum Gasteiger partial charge on any atom is 0.310 e. The summed E-state index contributed by atoms with van der Waals surface area (Å²) in [5, 5.41) is 0. The zero-order valence-corrected chi connectivity index (χ0v) is 8.53. The highest BCUT2D eigenvalue weighted by atomic mass is 16.5. The summed E-state index contributed by atoms with van der Waals surface area (Å²) in [5.41, 5.74) is 5.51. The highest BCUT2D eigenvalue weighted by molar-refractivity contribution is 5.03. The molecule has 2 rings (SSSR count). The molecular weight excluding hydrogens is 194 g/mol. The summed E-state index contributed by atoms with van der Waals surface area (Å²) in [6, 6.07) is 0. The van der Waals surface area contributed by atoms with Crippen molar-refractivity contribution >= 4 is 0 Å². The molecule has 5 heteroatoms. The van der Waals surface area contributed by atoms with E-state index < -0.39 is 0 Å². The van der Waals surface area contributed by atoms with Gasteiger partial charge in [-0.1, -0.05) is 12.8 Å². The lowest BCUT2D eigenvalue weighted by atomic mass is 10.0. The zero-order valence-electron chi connectivity index (χ0n) is 8.53. The van der Waals surface area contributed by atoms with Gasteiger partial charge in [0.2, 0.25) is 0 Å². The van der Waals surface area contributed by atoms with E-state index in [9.17, 15) is 4.79 Å². The molecule has 0 bridgehead atoms. The second kappa shape index (κ2) is 4.02. The van der Waals surface area contributed by atoms with Gasteiger partial charge in [-0.3, -0.25) is 4.79 Å². The van der Waals surface area contributed by atoms with E-state index in [2.05, 4.69) is 9.97 Å². The van der Waals surface area contributed by atoms with E-state index in [4.69, 9.17) is 10.5 Å². The molecule has 0 unspecified atom stereocenters. The molecule has 1 aliphatic carbocycles. The van der Waals surface area contributed by atoms with Crippen molar-refractivity contribution in [3.05, 3.63) is 22.7 Å². The van der Waals surface area contributed by atoms with Gasteiger partial charge in [0.05, 0.1) is 5.54 Å². The molecule has 0 saturated heterocycles. The second-order valence-corrected chi connectivity index (χ2v) is 4.08. The predicted molar refractivity (Wildman–Crippen MR) is 55.7 cm³/mol. The maximum atomic E-state index is 11.2. The Morgan fingerprint density at radius 3 is 2.93 bits per heavy atom. The molecule has 1 aromatic heterocycles. The van der Waals surface area contributed by atoms with Crippen LogP contribution in [0.15, 0.2) is 17.2 Å². The number of hydrogen-bond donors (Lipinski definition) is 2. The number of nitrogens with one attached hydrogen (secondary N) is 1. The molecule has 1 aliphatic rings. The highest BCUT2D eigenvalue weighted by Crippen LogP contribution is 2.27. The standard InChI is InChI=1S/C10H15N3O2/c11-10(3-1-2-4-10)7-15-9-8(14)12-5-6-13-9/h5-6H,1-4,7,11H2,(H,12,14). The molecule has 1 saturated carbocycles. The number of H-pyrrole nitrogens is 1. The van der Waals surface area contributed by atoms with Gasteiger partial charge in [-0.15, -0.1) is 0 Å². The molecule has 0 radical (unpaired) electrons. The van der Waals surface area contributed by atoms with Gasteiger partial charge in [0, 0.05) is 12.4 Å². The van der Waals surface area contributed by atoms with Crippen LogP contribution in [-0.4, -0.2) is 22.1 Å². The Morgan fingerprint density at radius 2 is 2.27 bits per heavy atom. The van der Waals surface area contributed by atoms with Gasteiger partial charge in [-0.2, -0.15) is 0 Å². The SMILES string of the molecule is NC1(COc2ncc[nH]c2=O)CCCC1. The van der Waals surface area contributed by atoms with Gasteiger partial charge >= 0.3 is 5.56 Å². The minimum absolute atomic E-state index is 0.106. The van der Waals surface area contributed by atoms with Crippen LogP contribution in [0.3, 0.4) is 0 Å². The average Bonchev–Trinajstić information content (AvgIpc) is 2.65. The molecule has 82 valence electrons. The smallest absolute Gasteiger partial charge is 0.310 e. The Balaban J connectivity index is 1.99. The van der Waals surface area contributed by atoms with Crippen LogP contribution < -0.4 is 16.0 Å². The summed E-state index contributed by atoms with van der Waals surface area (Å²) < 4.78 is 5.34. The number of aromatic nitrogens is 2. The number of rotatable bonds is 3. The fraction of sp³-hybridized carbons (Fsp3) is 0.600. The first-order valence-electron chi connectivity index (χ1n) is 5.15. The van der Waals surface area contributed by atoms with E-state index in [1.165, 1.54) is 12.4 Å². The first-order chi connectivity index (χ1) is 7.20. The van der Waals surface area contributed by atoms with Crippen LogP contribution in [0, 0.1) is 0 Å². The first kappa shape index (κ1) is 10.2. The minimum atomic E-state index is -0.306. The minimum Gasteiger partial charge on any atom is -0.472 e. The third kappa shape index (κ3) is 2.36. The summed E-state index contributed by atoms with van der Waals surface area (Å²) in [7, 11) is 0. The molecule has 1 aromatic rings. The Kier molecular flexibility index (Phi) is 2.73. The van der Waals surface area contributed by atoms with Crippen molar-refractivity contribution in [1.29, 1.82) is 0 Å². The number of nitrogens with two attached hydrogens (primary N) is 1. The number of ether oxygens (including phenoxy) is 1. The predicted octanol–water partition coefficient (Wildman–Crippen LogP) is 0.420. The van der Waals surface area contributed by atoms with E-state index in [1.807, 2.05) is 0 Å². The summed E-state index contributed by atoms with van der Waals surface area (Å²) in [5.74, 6) is 0.106. The lowest BCUT2D eigenvalue weighted by Gasteiger charge is -2.22. The monoisotopic (exact) mass is 209 g/mol. The largest absolute Gasteiger partial charge is 0.472 e. The Bertz CT molecular complexity index is 382. The van der Waals surface area contributed by atoms with Crippen LogP contribution in [0.25, 0.3) is 0 Å². The van der Waals surface area contributed by atoms with Gasteiger partial charge in [0.15, 0.2) is 0 Å². The molecule has 0 aromatic carbocycles. The van der Waals surface area contributed by atoms with Crippen LogP contribution in [0.2, 0.25) is 0 Å². The quantitative estimate of drug-likeness (QED) is 0.756. The summed E-state index contributed by atoms with van der Waals surface area (Å²) in [6.07, 6.45) is 7.16. The lowest BCUT2D eigenvalue weighted by molar-refractivity contribution is 0.211. The summed E-state index contributed by atoms with van der Waals surface area (Å²) >= 11 is 0. The van der Waals surface area contributed by atoms with Crippen molar-refractivity contribution in [2.24, 2.45) is 5.73 Å². The van der Waals surface area contributed by atoms with Gasteiger partial charge in [-0.25, -0.2) is 4.98 Å². The summed E-state index contributed by atoms with van der Waals surface area (Å²) in [6.45, 7) is 0.368. The maximum absolute atomic E-state index is 11.2. The Labute approximate surface area is 87.7 Å². The fourth-order valence-electron chi connectivity index (χ4n) is 1.88. The normalized spacial score (nSPS) is 19.0. The van der Waals surface area contributed by atoms with E-state index in [0.717, 1.165) is 25.7 Å². The molecule has 1 heterocycles. The number of hydrogen-bond acceptors (Lipinski definition) is 4. The number of nitrogens with zero attached hydrogens (tertiary/aromatic N) is 1. The Morgan fingerprint density at radius 1 is 1.53 bits per heavy atom. The zero-order chi connectivity index (χ0) is 10.7. The van der Waals surface area contributed by atoms with E-state index in [0.29, 0.717) is 6.61 Å². The van der Waals surface area contributed by atoms with Crippen LogP contribution in [0.5, 0.6) is 5.88 Å². The molecular formula is C10H15N3O2. The topological polar surface area (TPSA) is 81.0 Å². The van der Waals surface area contributed by atoms with Crippen LogP contribution in [0.1, 0.15) is 25.7 Å². The van der Waals surface area contributed by atoms with Crippen molar-refractivity contribution in [3.8, 4) is 5.88 Å². The van der Waals surface area contributed by atoms with Crippen LogP contribution >= 0.6 is 0 Å². The van der Waals surface area contributed by atoms with Gasteiger partial charge in [0.25, 0.3) is 5.88 Å². The van der Waals surface area contributed by atoms with Crippen molar-refractivity contribution in [3.63, 3.8) is 0 Å². The van der Waals surface area contributed by atoms with Crippen LogP contribution in [-0.2, 0) is 0 Å². The van der Waals surface area contributed by atoms with Crippen molar-refractivity contribution in [2.45, 2.75) is 31.2 Å². The second-order valence-electron chi connectivity index (χ2n) is 4.08. The molecule has 0 spiro atoms. The van der Waals surface area contributed by atoms with E-state index in [-0.39, 0.29) is 17.0 Å². The molecule has 0 atom stereocenters. The average molecular weight is 209 g/mol. The van der Waals surface area contributed by atoms with Gasteiger partial charge in [0.1, 0.15) is 6.61 Å². The van der Waals surface area contributed by atoms with E-state index in [1.54, 1.807) is 0 Å². The third-order valence-electron chi connectivity index (χ3n) is 2.77. The van der Waals surface area contributed by atoms with Crippen LogP contribution in [0.4, 0.5) is 0 Å². The summed E-state index contributed by atoms with van der Waals surface area (Å²) in [4.78, 5) is 17.6. The third-order valence-corrected chi connectivity index (χ3v) is 2.77. The van der Waals surface area contributed by atoms with Gasteiger partial charge < -0.3 is 15.5 Å². The molecule has 1 fully saturated rings. The fourth-order valence-corrected chi connectivity index (χ4v) is 1.88. The highest BCUT2D eigenvalue weighted by Gasteiger charge is 2.30. The van der Waals surface area contributed by atoms with Crippen molar-refractivity contribution < 1.29 is 4.74 Å². The first-order valence-corrected chi connectivity index (χ1v) is 5.15. The lowest BCUT2D eigenvalue weighted by Crippen LogP contribution is -2.43. The van der Waals surface area contributed by atoms with Crippen molar-refractivity contribution in [1.82, 2.24) is 9.97 Å².